The molecule has 0 aromatic heterocycles. The third kappa shape index (κ3) is 2.06. The summed E-state index contributed by atoms with van der Waals surface area (Å²) in [5.74, 6) is -2.04. The maximum Gasteiger partial charge on any atom is 0.323 e. The Balaban J connectivity index is 2.22. The Morgan fingerprint density at radius 2 is 2.11 bits per heavy atom. The number of carbonyl (C=O) groups is 3. The highest BCUT2D eigenvalue weighted by molar-refractivity contribution is 7.90. The zero-order valence-electron chi connectivity index (χ0n) is 10.0. The molecule has 0 saturated carbocycles. The average Bonchev–Trinajstić information content (AvgIpc) is 2.84. The van der Waals surface area contributed by atoms with Gasteiger partial charge in [-0.2, -0.15) is 4.31 Å². The first-order chi connectivity index (χ1) is 8.69. The maximum absolute atomic E-state index is 12.0. The first kappa shape index (κ1) is 13.7. The van der Waals surface area contributed by atoms with Crippen LogP contribution in [0.2, 0.25) is 0 Å². The summed E-state index contributed by atoms with van der Waals surface area (Å²) in [6, 6.07) is -0.671. The van der Waals surface area contributed by atoms with Crippen LogP contribution in [-0.4, -0.2) is 59.6 Å². The second-order valence-corrected chi connectivity index (χ2v) is 6.85. The summed E-state index contributed by atoms with van der Waals surface area (Å²) in [7, 11) is -4.04. The number of rotatable bonds is 3. The number of imide groups is 1. The number of aliphatic carboxylic acids is 1. The van der Waals surface area contributed by atoms with Crippen molar-refractivity contribution in [1.29, 1.82) is 0 Å². The van der Waals surface area contributed by atoms with Crippen LogP contribution in [0.1, 0.15) is 13.3 Å². The molecule has 10 heteroatoms. The number of nitrogens with one attached hydrogen (secondary N) is 2. The Bertz CT molecular complexity index is 558. The molecule has 0 aliphatic carbocycles. The average molecular weight is 291 g/mol. The molecular weight excluding hydrogens is 278 g/mol. The summed E-state index contributed by atoms with van der Waals surface area (Å²) in [6.45, 7) is 0.814. The van der Waals surface area contributed by atoms with Crippen molar-refractivity contribution in [2.45, 2.75) is 24.1 Å². The first-order valence-corrected chi connectivity index (χ1v) is 7.05. The van der Waals surface area contributed by atoms with Crippen LogP contribution in [-0.2, 0) is 19.6 Å². The molecule has 0 aromatic carbocycles. The minimum absolute atomic E-state index is 0.00630. The molecule has 3 N–H and O–H groups in total. The van der Waals surface area contributed by atoms with Crippen molar-refractivity contribution in [3.63, 3.8) is 0 Å². The largest absolute Gasteiger partial charge is 0.480 e. The monoisotopic (exact) mass is 291 g/mol. The second-order valence-electron chi connectivity index (χ2n) is 4.60. The fourth-order valence-corrected chi connectivity index (χ4v) is 3.61. The third-order valence-electron chi connectivity index (χ3n) is 3.40. The van der Waals surface area contributed by atoms with Gasteiger partial charge in [-0.05, 0) is 13.3 Å². The minimum Gasteiger partial charge on any atom is -0.480 e. The minimum atomic E-state index is -4.04. The van der Waals surface area contributed by atoms with Crippen LogP contribution < -0.4 is 10.6 Å². The van der Waals surface area contributed by atoms with Crippen molar-refractivity contribution in [3.05, 3.63) is 0 Å². The van der Waals surface area contributed by atoms with Gasteiger partial charge in [0.2, 0.25) is 10.0 Å². The number of carboxylic acids is 1. The van der Waals surface area contributed by atoms with Crippen LogP contribution in [0.25, 0.3) is 0 Å². The van der Waals surface area contributed by atoms with Crippen LogP contribution in [0.15, 0.2) is 0 Å². The van der Waals surface area contributed by atoms with Crippen LogP contribution >= 0.6 is 0 Å². The van der Waals surface area contributed by atoms with Gasteiger partial charge in [-0.25, -0.2) is 13.2 Å². The molecule has 1 spiro atoms. The van der Waals surface area contributed by atoms with E-state index in [2.05, 4.69) is 5.32 Å². The smallest absolute Gasteiger partial charge is 0.323 e. The van der Waals surface area contributed by atoms with Gasteiger partial charge in [0.1, 0.15) is 5.54 Å². The number of amides is 3. The standard InChI is InChI=1S/C9H13N3O6S/c1-5(6(13)14)19(17,18)12-3-2-9(4-12)7(15)10-8(16)11-9/h5H,2-4H2,1H3,(H,13,14)(H2,10,11,15,16). The van der Waals surface area contributed by atoms with Crippen molar-refractivity contribution < 1.29 is 27.9 Å². The fraction of sp³-hybridized carbons (Fsp3) is 0.667. The fourth-order valence-electron chi connectivity index (χ4n) is 2.16. The summed E-state index contributed by atoms with van der Waals surface area (Å²) in [5, 5.41) is 11.6. The number of sulfonamides is 1. The highest BCUT2D eigenvalue weighted by Gasteiger charge is 2.54. The molecule has 0 aromatic rings. The van der Waals surface area contributed by atoms with E-state index in [0.717, 1.165) is 11.2 Å². The maximum atomic E-state index is 12.0. The molecule has 2 saturated heterocycles. The van der Waals surface area contributed by atoms with E-state index in [4.69, 9.17) is 5.11 Å². The molecule has 0 radical (unpaired) electrons. The lowest BCUT2D eigenvalue weighted by atomic mass is 10.00. The molecule has 2 heterocycles. The molecule has 0 bridgehead atoms. The Kier molecular flexibility index (Phi) is 3.01. The van der Waals surface area contributed by atoms with Crippen molar-refractivity contribution >= 4 is 27.9 Å². The highest BCUT2D eigenvalue weighted by atomic mass is 32.2. The lowest BCUT2D eigenvalue weighted by Crippen LogP contribution is -2.50. The lowest BCUT2D eigenvalue weighted by molar-refractivity contribution is -0.136. The first-order valence-electron chi connectivity index (χ1n) is 5.54. The molecule has 106 valence electrons. The van der Waals surface area contributed by atoms with Gasteiger partial charge in [0, 0.05) is 13.1 Å². The van der Waals surface area contributed by atoms with E-state index >= 15 is 0 Å². The summed E-state index contributed by atoms with van der Waals surface area (Å²) >= 11 is 0. The number of carboxylic acid groups (broad SMARTS) is 1. The normalized spacial score (nSPS) is 29.3. The number of hydrogen-bond acceptors (Lipinski definition) is 5. The number of urea groups is 1. The topological polar surface area (TPSA) is 133 Å². The van der Waals surface area contributed by atoms with E-state index in [1.54, 1.807) is 0 Å². The van der Waals surface area contributed by atoms with Gasteiger partial charge in [-0.1, -0.05) is 0 Å². The molecule has 19 heavy (non-hydrogen) atoms. The molecule has 2 atom stereocenters. The summed E-state index contributed by atoms with van der Waals surface area (Å²) in [6.07, 6.45) is 0.121. The van der Waals surface area contributed by atoms with Gasteiger partial charge in [-0.3, -0.25) is 14.9 Å². The van der Waals surface area contributed by atoms with Crippen molar-refractivity contribution in [2.75, 3.05) is 13.1 Å². The Hall–Kier alpha value is -1.68. The molecule has 2 fully saturated rings. The predicted molar refractivity (Wildman–Crippen MR) is 61.6 cm³/mol. The van der Waals surface area contributed by atoms with Gasteiger partial charge < -0.3 is 10.4 Å². The van der Waals surface area contributed by atoms with E-state index in [9.17, 15) is 22.8 Å². The van der Waals surface area contributed by atoms with Crippen molar-refractivity contribution in [2.24, 2.45) is 0 Å². The van der Waals surface area contributed by atoms with Gasteiger partial charge in [-0.15, -0.1) is 0 Å². The number of carbonyl (C=O) groups excluding carboxylic acids is 2. The highest BCUT2D eigenvalue weighted by Crippen LogP contribution is 2.28. The summed E-state index contributed by atoms with van der Waals surface area (Å²) in [4.78, 5) is 33.5. The molecule has 3 amide bonds. The summed E-state index contributed by atoms with van der Waals surface area (Å²) < 4.78 is 24.9. The number of hydrogen-bond donors (Lipinski definition) is 3. The Morgan fingerprint density at radius 3 is 2.58 bits per heavy atom. The van der Waals surface area contributed by atoms with E-state index in [1.165, 1.54) is 0 Å². The zero-order chi connectivity index (χ0) is 14.4. The van der Waals surface area contributed by atoms with Crippen molar-refractivity contribution in [1.82, 2.24) is 14.9 Å². The predicted octanol–water partition coefficient (Wildman–Crippen LogP) is -1.93. The molecule has 2 rings (SSSR count). The van der Waals surface area contributed by atoms with E-state index in [-0.39, 0.29) is 19.5 Å². The van der Waals surface area contributed by atoms with E-state index in [1.807, 2.05) is 5.32 Å². The SMILES string of the molecule is CC(C(=O)O)S(=O)(=O)N1CCC2(C1)NC(=O)NC2=O. The van der Waals surface area contributed by atoms with Crippen molar-refractivity contribution in [3.8, 4) is 0 Å². The quantitative estimate of drug-likeness (QED) is 0.519. The van der Waals surface area contributed by atoms with Crippen LogP contribution in [0.3, 0.4) is 0 Å². The van der Waals surface area contributed by atoms with Gasteiger partial charge in [0.15, 0.2) is 5.25 Å². The summed E-state index contributed by atoms with van der Waals surface area (Å²) in [5.41, 5.74) is -1.28. The van der Waals surface area contributed by atoms with Crippen LogP contribution in [0.5, 0.6) is 0 Å². The lowest BCUT2D eigenvalue weighted by Gasteiger charge is -2.22. The Labute approximate surface area is 109 Å². The molecule has 2 aliphatic heterocycles. The van der Waals surface area contributed by atoms with Gasteiger partial charge >= 0.3 is 12.0 Å². The van der Waals surface area contributed by atoms with E-state index < -0.39 is 38.7 Å². The molecular formula is C9H13N3O6S. The molecule has 2 unspecified atom stereocenters. The number of nitrogens with zero attached hydrogens (tertiary/aromatic N) is 1. The van der Waals surface area contributed by atoms with Gasteiger partial charge in [0.05, 0.1) is 0 Å². The molecule has 2 aliphatic rings. The second kappa shape index (κ2) is 4.17. The Morgan fingerprint density at radius 1 is 1.47 bits per heavy atom. The zero-order valence-corrected chi connectivity index (χ0v) is 10.9. The van der Waals surface area contributed by atoms with Gasteiger partial charge in [0.25, 0.3) is 5.91 Å². The molecule has 9 nitrogen and oxygen atoms in total. The van der Waals surface area contributed by atoms with E-state index in [0.29, 0.717) is 0 Å². The van der Waals surface area contributed by atoms with Crippen LogP contribution in [0.4, 0.5) is 4.79 Å². The van der Waals surface area contributed by atoms with Crippen LogP contribution in [0, 0.1) is 0 Å². The third-order valence-corrected chi connectivity index (χ3v) is 5.53.